The molecule has 2 fully saturated rings. The minimum atomic E-state index is -0.448. The summed E-state index contributed by atoms with van der Waals surface area (Å²) in [6.45, 7) is 2.21. The predicted octanol–water partition coefficient (Wildman–Crippen LogP) is 3.32. The largest absolute Gasteiger partial charge is 0.444 e. The van der Waals surface area contributed by atoms with Crippen LogP contribution in [0.5, 0.6) is 0 Å². The fourth-order valence-electron chi connectivity index (χ4n) is 5.21. The highest BCUT2D eigenvalue weighted by Crippen LogP contribution is 2.35. The third-order valence-electron chi connectivity index (χ3n) is 7.14. The molecule has 35 heavy (non-hydrogen) atoms. The number of para-hydroxylation sites is 1. The normalized spacial score (nSPS) is 19.3. The number of carbonyl (C=O) groups excluding carboxylic acids is 2. The van der Waals surface area contributed by atoms with Crippen molar-refractivity contribution in [3.8, 4) is 0 Å². The number of hydrogen-bond acceptors (Lipinski definition) is 7. The standard InChI is InChI=1S/C25H28N4O6/c30-20-9-13-27(14-10-20)24(31)17-5-6-22(23(15-17)29(33)34)26-11-7-19(8-12-26)28-21-4-2-1-3-18(21)16-35-25(28)32/h1-6,15,19-20,30H,7-14,16H2. The van der Waals surface area contributed by atoms with Crippen molar-refractivity contribution in [1.29, 1.82) is 0 Å². The Labute approximate surface area is 202 Å². The summed E-state index contributed by atoms with van der Waals surface area (Å²) in [6.07, 6.45) is 1.53. The van der Waals surface area contributed by atoms with E-state index in [1.54, 1.807) is 21.9 Å². The van der Waals surface area contributed by atoms with Crippen molar-refractivity contribution >= 4 is 29.1 Å². The molecule has 0 bridgehead atoms. The maximum Gasteiger partial charge on any atom is 0.414 e. The zero-order valence-electron chi connectivity index (χ0n) is 19.3. The number of aliphatic hydroxyl groups excluding tert-OH is 1. The van der Waals surface area contributed by atoms with Crippen LogP contribution in [0.3, 0.4) is 0 Å². The maximum absolute atomic E-state index is 12.9. The van der Waals surface area contributed by atoms with Crippen LogP contribution in [0.15, 0.2) is 42.5 Å². The number of cyclic esters (lactones) is 1. The van der Waals surface area contributed by atoms with E-state index in [-0.39, 0.29) is 35.9 Å². The number of piperidine rings is 2. The third-order valence-corrected chi connectivity index (χ3v) is 7.14. The highest BCUT2D eigenvalue weighted by atomic mass is 16.6. The highest BCUT2D eigenvalue weighted by Gasteiger charge is 2.35. The molecule has 10 heteroatoms. The van der Waals surface area contributed by atoms with Gasteiger partial charge in [0.15, 0.2) is 0 Å². The number of carbonyl (C=O) groups is 2. The fraction of sp³-hybridized carbons (Fsp3) is 0.440. The van der Waals surface area contributed by atoms with Gasteiger partial charge in [0, 0.05) is 49.4 Å². The number of benzene rings is 2. The lowest BCUT2D eigenvalue weighted by atomic mass is 9.99. The molecule has 0 saturated carbocycles. The Morgan fingerprint density at radius 2 is 1.71 bits per heavy atom. The number of nitrogens with zero attached hydrogens (tertiary/aromatic N) is 4. The first-order chi connectivity index (χ1) is 16.9. The lowest BCUT2D eigenvalue weighted by molar-refractivity contribution is -0.384. The van der Waals surface area contributed by atoms with Crippen LogP contribution in [0.1, 0.15) is 41.6 Å². The zero-order chi connectivity index (χ0) is 24.5. The van der Waals surface area contributed by atoms with Crippen molar-refractivity contribution in [3.63, 3.8) is 0 Å². The van der Waals surface area contributed by atoms with Crippen LogP contribution in [-0.2, 0) is 11.3 Å². The molecule has 10 nitrogen and oxygen atoms in total. The van der Waals surface area contributed by atoms with E-state index in [9.17, 15) is 24.8 Å². The van der Waals surface area contributed by atoms with Gasteiger partial charge in [-0.3, -0.25) is 19.8 Å². The van der Waals surface area contributed by atoms with Crippen molar-refractivity contribution in [2.24, 2.45) is 0 Å². The van der Waals surface area contributed by atoms with Gasteiger partial charge in [0.1, 0.15) is 12.3 Å². The molecule has 2 aromatic carbocycles. The van der Waals surface area contributed by atoms with Crippen LogP contribution in [0.25, 0.3) is 0 Å². The van der Waals surface area contributed by atoms with Gasteiger partial charge in [-0.2, -0.15) is 0 Å². The summed E-state index contributed by atoms with van der Waals surface area (Å²) in [5, 5.41) is 21.6. The van der Waals surface area contributed by atoms with E-state index in [0.717, 1.165) is 11.3 Å². The third kappa shape index (κ3) is 4.53. The quantitative estimate of drug-likeness (QED) is 0.527. The van der Waals surface area contributed by atoms with Gasteiger partial charge in [-0.1, -0.05) is 18.2 Å². The van der Waals surface area contributed by atoms with Crippen LogP contribution >= 0.6 is 0 Å². The second kappa shape index (κ2) is 9.53. The van der Waals surface area contributed by atoms with Crippen LogP contribution in [0.2, 0.25) is 0 Å². The Morgan fingerprint density at radius 3 is 2.43 bits per heavy atom. The van der Waals surface area contributed by atoms with Gasteiger partial charge in [-0.15, -0.1) is 0 Å². The molecule has 2 aromatic rings. The molecule has 0 unspecified atom stereocenters. The van der Waals surface area contributed by atoms with Gasteiger partial charge in [-0.25, -0.2) is 4.79 Å². The number of likely N-dealkylation sites (tertiary alicyclic amines) is 1. The molecule has 0 spiro atoms. The number of rotatable bonds is 4. The molecule has 0 aromatic heterocycles. The summed E-state index contributed by atoms with van der Waals surface area (Å²) in [6, 6.07) is 12.3. The van der Waals surface area contributed by atoms with Crippen LogP contribution in [0.4, 0.5) is 21.9 Å². The van der Waals surface area contributed by atoms with Crippen molar-refractivity contribution < 1.29 is 24.4 Å². The second-order valence-corrected chi connectivity index (χ2v) is 9.26. The molecule has 0 atom stereocenters. The monoisotopic (exact) mass is 480 g/mol. The van der Waals surface area contributed by atoms with Crippen molar-refractivity contribution in [2.75, 3.05) is 36.0 Å². The highest BCUT2D eigenvalue weighted by molar-refractivity contribution is 5.96. The zero-order valence-corrected chi connectivity index (χ0v) is 19.3. The first-order valence-corrected chi connectivity index (χ1v) is 12.0. The number of ether oxygens (including phenoxy) is 1. The summed E-state index contributed by atoms with van der Waals surface area (Å²) in [4.78, 5) is 42.2. The molecular weight excluding hydrogens is 452 g/mol. The fourth-order valence-corrected chi connectivity index (χ4v) is 5.21. The number of nitro benzene ring substituents is 1. The number of aliphatic hydroxyl groups is 1. The molecule has 1 N–H and O–H groups in total. The molecule has 5 rings (SSSR count). The molecule has 3 heterocycles. The topological polar surface area (TPSA) is 116 Å². The number of amides is 2. The number of nitro groups is 1. The average Bonchev–Trinajstić information content (AvgIpc) is 2.88. The predicted molar refractivity (Wildman–Crippen MR) is 129 cm³/mol. The summed E-state index contributed by atoms with van der Waals surface area (Å²) in [5.74, 6) is -0.257. The van der Waals surface area contributed by atoms with Gasteiger partial charge in [-0.05, 0) is 43.9 Å². The van der Waals surface area contributed by atoms with E-state index in [4.69, 9.17) is 4.74 Å². The molecule has 184 valence electrons. The smallest absolute Gasteiger partial charge is 0.414 e. The van der Waals surface area contributed by atoms with Crippen LogP contribution < -0.4 is 9.80 Å². The van der Waals surface area contributed by atoms with Crippen LogP contribution in [-0.4, -0.2) is 65.3 Å². The van der Waals surface area contributed by atoms with E-state index >= 15 is 0 Å². The molecule has 0 aliphatic carbocycles. The first-order valence-electron chi connectivity index (χ1n) is 12.0. The molecule has 0 radical (unpaired) electrons. The van der Waals surface area contributed by atoms with E-state index in [1.165, 1.54) is 6.07 Å². The van der Waals surface area contributed by atoms with E-state index in [2.05, 4.69) is 0 Å². The first kappa shape index (κ1) is 23.1. The molecule has 2 amide bonds. The number of fused-ring (bicyclic) bond motifs is 1. The second-order valence-electron chi connectivity index (χ2n) is 9.26. The van der Waals surface area contributed by atoms with Crippen LogP contribution in [0, 0.1) is 10.1 Å². The van der Waals surface area contributed by atoms with Gasteiger partial charge in [0.05, 0.1) is 16.7 Å². The number of anilines is 2. The van der Waals surface area contributed by atoms with Gasteiger partial charge >= 0.3 is 6.09 Å². The molecule has 3 aliphatic rings. The lowest BCUT2D eigenvalue weighted by Crippen LogP contribution is -2.49. The van der Waals surface area contributed by atoms with Crippen molar-refractivity contribution in [2.45, 2.75) is 44.4 Å². The minimum Gasteiger partial charge on any atom is -0.444 e. The average molecular weight is 481 g/mol. The Kier molecular flexibility index (Phi) is 6.29. The van der Waals surface area contributed by atoms with Gasteiger partial charge in [0.25, 0.3) is 11.6 Å². The Bertz CT molecular complexity index is 1140. The summed E-state index contributed by atoms with van der Waals surface area (Å²) < 4.78 is 5.36. The van der Waals surface area contributed by atoms with E-state index in [1.807, 2.05) is 29.2 Å². The number of hydrogen-bond donors (Lipinski definition) is 1. The summed E-state index contributed by atoms with van der Waals surface area (Å²) in [7, 11) is 0. The minimum absolute atomic E-state index is 0.0606. The molecule has 3 aliphatic heterocycles. The lowest BCUT2D eigenvalue weighted by Gasteiger charge is -2.40. The van der Waals surface area contributed by atoms with E-state index < -0.39 is 11.0 Å². The molecular formula is C25H28N4O6. The maximum atomic E-state index is 12.9. The molecule has 2 saturated heterocycles. The van der Waals surface area contributed by atoms with Crippen molar-refractivity contribution in [3.05, 3.63) is 63.7 Å². The van der Waals surface area contributed by atoms with Gasteiger partial charge < -0.3 is 19.6 Å². The Hall–Kier alpha value is -3.66. The van der Waals surface area contributed by atoms with E-state index in [0.29, 0.717) is 57.5 Å². The SMILES string of the molecule is O=C(c1ccc(N2CCC(N3C(=O)OCc4ccccc43)CC2)c([N+](=O)[O-])c1)N1CCC(O)CC1. The van der Waals surface area contributed by atoms with Gasteiger partial charge in [0.2, 0.25) is 0 Å². The Morgan fingerprint density at radius 1 is 1.00 bits per heavy atom. The Balaban J connectivity index is 1.31. The van der Waals surface area contributed by atoms with Crippen molar-refractivity contribution in [1.82, 2.24) is 4.90 Å². The summed E-state index contributed by atoms with van der Waals surface area (Å²) >= 11 is 0. The summed E-state index contributed by atoms with van der Waals surface area (Å²) in [5.41, 5.74) is 2.48.